The Labute approximate surface area is 128 Å². The fourth-order valence-corrected chi connectivity index (χ4v) is 2.14. The van der Waals surface area contributed by atoms with Crippen LogP contribution in [-0.4, -0.2) is 9.97 Å². The molecule has 0 atom stereocenters. The molecule has 0 aliphatic rings. The minimum Gasteiger partial charge on any atom is -0.253 e. The maximum atomic E-state index is 12.6. The highest BCUT2D eigenvalue weighted by Crippen LogP contribution is 2.32. The van der Waals surface area contributed by atoms with Gasteiger partial charge in [0.25, 0.3) is 0 Å². The van der Waals surface area contributed by atoms with Crippen LogP contribution in [0.2, 0.25) is 0 Å². The number of alkyl halides is 3. The van der Waals surface area contributed by atoms with E-state index < -0.39 is 11.7 Å². The van der Waals surface area contributed by atoms with Crippen LogP contribution < -0.4 is 0 Å². The number of aromatic nitrogens is 2. The van der Waals surface area contributed by atoms with E-state index in [0.717, 1.165) is 23.5 Å². The van der Waals surface area contributed by atoms with Crippen molar-refractivity contribution in [3.8, 4) is 11.3 Å². The number of halogens is 3. The van der Waals surface area contributed by atoms with Crippen molar-refractivity contribution in [3.05, 3.63) is 47.4 Å². The van der Waals surface area contributed by atoms with Gasteiger partial charge in [0.1, 0.15) is 0 Å². The molecule has 0 saturated carbocycles. The van der Waals surface area contributed by atoms with Gasteiger partial charge in [-0.15, -0.1) is 0 Å². The molecule has 0 N–H and O–H groups in total. The van der Waals surface area contributed by atoms with Gasteiger partial charge >= 0.3 is 6.18 Å². The van der Waals surface area contributed by atoms with E-state index in [2.05, 4.69) is 9.97 Å². The van der Waals surface area contributed by atoms with Gasteiger partial charge in [-0.1, -0.05) is 39.8 Å². The van der Waals surface area contributed by atoms with Crippen molar-refractivity contribution >= 4 is 0 Å². The van der Waals surface area contributed by atoms with E-state index in [1.807, 2.05) is 27.7 Å². The quantitative estimate of drug-likeness (QED) is 0.757. The zero-order valence-electron chi connectivity index (χ0n) is 13.1. The lowest BCUT2D eigenvalue weighted by Crippen LogP contribution is -2.06. The van der Waals surface area contributed by atoms with Crippen LogP contribution in [0.3, 0.4) is 0 Å². The van der Waals surface area contributed by atoms with Crippen molar-refractivity contribution in [2.75, 3.05) is 0 Å². The first-order valence-electron chi connectivity index (χ1n) is 7.24. The average molecular weight is 308 g/mol. The summed E-state index contributed by atoms with van der Waals surface area (Å²) in [5.74, 6) is 0.398. The molecule has 0 amide bonds. The van der Waals surface area contributed by atoms with Crippen LogP contribution in [0.15, 0.2) is 30.5 Å². The molecule has 2 rings (SSSR count). The summed E-state index contributed by atoms with van der Waals surface area (Å²) in [6.45, 7) is 8.07. The van der Waals surface area contributed by atoms with Gasteiger partial charge in [-0.05, 0) is 24.0 Å². The largest absolute Gasteiger partial charge is 0.416 e. The Morgan fingerprint density at radius 1 is 0.909 bits per heavy atom. The van der Waals surface area contributed by atoms with Gasteiger partial charge in [-0.3, -0.25) is 9.97 Å². The average Bonchev–Trinajstić information content (AvgIpc) is 2.45. The van der Waals surface area contributed by atoms with Gasteiger partial charge in [-0.25, -0.2) is 0 Å². The third kappa shape index (κ3) is 3.46. The lowest BCUT2D eigenvalue weighted by Gasteiger charge is -2.15. The summed E-state index contributed by atoms with van der Waals surface area (Å²) < 4.78 is 37.9. The summed E-state index contributed by atoms with van der Waals surface area (Å²) in [4.78, 5) is 9.07. The Kier molecular flexibility index (Phi) is 4.54. The highest BCUT2D eigenvalue weighted by molar-refractivity contribution is 5.62. The van der Waals surface area contributed by atoms with E-state index >= 15 is 0 Å². The smallest absolute Gasteiger partial charge is 0.253 e. The number of hydrogen-bond acceptors (Lipinski definition) is 2. The summed E-state index contributed by atoms with van der Waals surface area (Å²) >= 11 is 0. The molecule has 1 aromatic carbocycles. The molecule has 0 fully saturated rings. The Hall–Kier alpha value is -1.91. The van der Waals surface area contributed by atoms with Gasteiger partial charge < -0.3 is 0 Å². The fourth-order valence-electron chi connectivity index (χ4n) is 2.14. The zero-order chi connectivity index (χ0) is 16.5. The summed E-state index contributed by atoms with van der Waals surface area (Å²) in [5, 5.41) is 0. The van der Waals surface area contributed by atoms with Crippen molar-refractivity contribution in [3.63, 3.8) is 0 Å². The molecule has 5 heteroatoms. The van der Waals surface area contributed by atoms with Crippen LogP contribution in [0.1, 0.15) is 56.5 Å². The first-order valence-corrected chi connectivity index (χ1v) is 7.24. The monoisotopic (exact) mass is 308 g/mol. The van der Waals surface area contributed by atoms with Crippen molar-refractivity contribution in [2.24, 2.45) is 0 Å². The minimum atomic E-state index is -4.33. The third-order valence-corrected chi connectivity index (χ3v) is 3.44. The SMILES string of the molecule is CC(C)c1cnc(-c2ccc(C(F)(F)F)cc2)c(C(C)C)n1. The molecule has 118 valence electrons. The van der Waals surface area contributed by atoms with Crippen molar-refractivity contribution < 1.29 is 13.2 Å². The number of nitrogens with zero attached hydrogens (tertiary/aromatic N) is 2. The van der Waals surface area contributed by atoms with Crippen LogP contribution in [0, 0.1) is 0 Å². The van der Waals surface area contributed by atoms with Crippen LogP contribution in [0.4, 0.5) is 13.2 Å². The molecule has 2 aromatic rings. The van der Waals surface area contributed by atoms with Gasteiger partial charge in [0, 0.05) is 11.8 Å². The highest BCUT2D eigenvalue weighted by Gasteiger charge is 2.30. The maximum Gasteiger partial charge on any atom is 0.416 e. The standard InChI is InChI=1S/C17H19F3N2/c1-10(2)14-9-21-16(15(22-14)11(3)4)12-5-7-13(8-6-12)17(18,19)20/h5-11H,1-4H3. The first kappa shape index (κ1) is 16.5. The number of benzene rings is 1. The van der Waals surface area contributed by atoms with E-state index in [-0.39, 0.29) is 11.8 Å². The molecule has 0 spiro atoms. The maximum absolute atomic E-state index is 12.6. The molecule has 1 aromatic heterocycles. The van der Waals surface area contributed by atoms with Crippen LogP contribution in [0.25, 0.3) is 11.3 Å². The van der Waals surface area contributed by atoms with Crippen molar-refractivity contribution in [2.45, 2.75) is 45.7 Å². The van der Waals surface area contributed by atoms with Gasteiger partial charge in [0.2, 0.25) is 0 Å². The van der Waals surface area contributed by atoms with Crippen molar-refractivity contribution in [1.29, 1.82) is 0 Å². The highest BCUT2D eigenvalue weighted by atomic mass is 19.4. The van der Waals surface area contributed by atoms with Gasteiger partial charge in [0.15, 0.2) is 0 Å². The Bertz CT molecular complexity index is 644. The summed E-state index contributed by atoms with van der Waals surface area (Å²) in [5.41, 5.74) is 2.34. The molecule has 22 heavy (non-hydrogen) atoms. The molecule has 0 aliphatic carbocycles. The van der Waals surface area contributed by atoms with Crippen LogP contribution in [-0.2, 0) is 6.18 Å². The lowest BCUT2D eigenvalue weighted by molar-refractivity contribution is -0.137. The molecule has 1 heterocycles. The minimum absolute atomic E-state index is 0.142. The first-order chi connectivity index (χ1) is 10.2. The predicted octanol–water partition coefficient (Wildman–Crippen LogP) is 5.41. The molecular weight excluding hydrogens is 289 g/mol. The molecular formula is C17H19F3N2. The normalized spacial score (nSPS) is 12.2. The fraction of sp³-hybridized carbons (Fsp3) is 0.412. The van der Waals surface area contributed by atoms with E-state index in [1.165, 1.54) is 12.1 Å². The molecule has 0 aliphatic heterocycles. The topological polar surface area (TPSA) is 25.8 Å². The van der Waals surface area contributed by atoms with Gasteiger partial charge in [-0.2, -0.15) is 13.2 Å². The Morgan fingerprint density at radius 3 is 1.95 bits per heavy atom. The van der Waals surface area contributed by atoms with E-state index in [0.29, 0.717) is 11.3 Å². The molecule has 0 saturated heterocycles. The molecule has 0 bridgehead atoms. The molecule has 0 unspecified atom stereocenters. The van der Waals surface area contributed by atoms with E-state index in [4.69, 9.17) is 0 Å². The van der Waals surface area contributed by atoms with Crippen LogP contribution >= 0.6 is 0 Å². The Morgan fingerprint density at radius 2 is 1.50 bits per heavy atom. The second-order valence-electron chi connectivity index (χ2n) is 5.91. The summed E-state index contributed by atoms with van der Waals surface area (Å²) in [7, 11) is 0. The molecule has 0 radical (unpaired) electrons. The predicted molar refractivity (Wildman–Crippen MR) is 80.6 cm³/mol. The summed E-state index contributed by atoms with van der Waals surface area (Å²) in [6.07, 6.45) is -2.63. The number of rotatable bonds is 3. The molecule has 2 nitrogen and oxygen atoms in total. The second kappa shape index (κ2) is 6.07. The summed E-state index contributed by atoms with van der Waals surface area (Å²) in [6, 6.07) is 5.07. The zero-order valence-corrected chi connectivity index (χ0v) is 13.1. The Balaban J connectivity index is 2.48. The number of hydrogen-bond donors (Lipinski definition) is 0. The third-order valence-electron chi connectivity index (χ3n) is 3.44. The lowest BCUT2D eigenvalue weighted by atomic mass is 10.00. The van der Waals surface area contributed by atoms with Crippen LogP contribution in [0.5, 0.6) is 0 Å². The van der Waals surface area contributed by atoms with Gasteiger partial charge in [0.05, 0.1) is 22.6 Å². The van der Waals surface area contributed by atoms with E-state index in [9.17, 15) is 13.2 Å². The van der Waals surface area contributed by atoms with Crippen molar-refractivity contribution in [1.82, 2.24) is 9.97 Å². The van der Waals surface area contributed by atoms with E-state index in [1.54, 1.807) is 6.20 Å². The second-order valence-corrected chi connectivity index (χ2v) is 5.91.